The summed E-state index contributed by atoms with van der Waals surface area (Å²) in [5.41, 5.74) is 1.24. The zero-order chi connectivity index (χ0) is 19.3. The second-order valence-electron chi connectivity index (χ2n) is 6.56. The maximum Gasteiger partial charge on any atom is 0.271 e. The van der Waals surface area contributed by atoms with Gasteiger partial charge in [-0.15, -0.1) is 0 Å². The molecule has 1 saturated heterocycles. The molecule has 2 aromatic heterocycles. The molecule has 28 heavy (non-hydrogen) atoms. The monoisotopic (exact) mass is 379 g/mol. The minimum atomic E-state index is -0.0571. The number of aromatic nitrogens is 4. The van der Waals surface area contributed by atoms with E-state index in [1.165, 1.54) is 0 Å². The number of amides is 1. The molecule has 0 radical (unpaired) electrons. The average molecular weight is 379 g/mol. The molecule has 1 N–H and O–H groups in total. The highest BCUT2D eigenvalue weighted by Gasteiger charge is 2.29. The van der Waals surface area contributed by atoms with Gasteiger partial charge < -0.3 is 14.4 Å². The van der Waals surface area contributed by atoms with Gasteiger partial charge in [0, 0.05) is 37.6 Å². The Hall–Kier alpha value is -3.42. The Morgan fingerprint density at radius 3 is 2.75 bits per heavy atom. The van der Waals surface area contributed by atoms with Crippen molar-refractivity contribution in [2.75, 3.05) is 20.2 Å². The number of likely N-dealkylation sites (tertiary alicyclic amines) is 1. The molecule has 4 rings (SSSR count). The summed E-state index contributed by atoms with van der Waals surface area (Å²) in [5, 5.41) is 6.60. The number of carbonyl (C=O) groups is 1. The van der Waals surface area contributed by atoms with Gasteiger partial charge in [0.15, 0.2) is 11.5 Å². The average Bonchev–Trinajstić information content (AvgIpc) is 3.29. The Kier molecular flexibility index (Phi) is 5.18. The molecular weight excluding hydrogens is 358 g/mol. The Morgan fingerprint density at radius 1 is 1.14 bits per heavy atom. The molecule has 8 heteroatoms. The Balaban J connectivity index is 1.56. The van der Waals surface area contributed by atoms with Gasteiger partial charge in [0.1, 0.15) is 11.4 Å². The quantitative estimate of drug-likeness (QED) is 0.732. The van der Waals surface area contributed by atoms with Crippen LogP contribution in [0.25, 0.3) is 0 Å². The number of methoxy groups -OCH3 is 1. The molecule has 3 aromatic rings. The van der Waals surface area contributed by atoms with E-state index in [0.29, 0.717) is 36.2 Å². The van der Waals surface area contributed by atoms with Gasteiger partial charge in [-0.25, -0.2) is 4.98 Å². The standard InChI is InChI=1S/C20H21N5O3/c1-27-16-6-2-3-7-17(16)28-19-18(21-10-11-22-19)14-5-4-12-25(13-14)20(26)15-8-9-23-24-15/h2-3,6-11,14H,4-5,12-13H2,1H3,(H,23,24)/t14-/m1/s1. The van der Waals surface area contributed by atoms with Crippen molar-refractivity contribution in [2.24, 2.45) is 0 Å². The van der Waals surface area contributed by atoms with E-state index in [1.807, 2.05) is 29.2 Å². The molecule has 0 aliphatic carbocycles. The number of hydrogen-bond acceptors (Lipinski definition) is 6. The lowest BCUT2D eigenvalue weighted by molar-refractivity contribution is 0.0698. The molecule has 1 aliphatic rings. The number of benzene rings is 1. The molecule has 0 unspecified atom stereocenters. The third-order valence-corrected chi connectivity index (χ3v) is 4.79. The van der Waals surface area contributed by atoms with Crippen LogP contribution in [-0.2, 0) is 0 Å². The van der Waals surface area contributed by atoms with Gasteiger partial charge in [-0.05, 0) is 31.0 Å². The van der Waals surface area contributed by atoms with Crippen LogP contribution in [0.2, 0.25) is 0 Å². The summed E-state index contributed by atoms with van der Waals surface area (Å²) in [5.74, 6) is 1.62. The molecular formula is C20H21N5O3. The summed E-state index contributed by atoms with van der Waals surface area (Å²) in [4.78, 5) is 23.4. The lowest BCUT2D eigenvalue weighted by Crippen LogP contribution is -2.39. The van der Waals surface area contributed by atoms with Crippen molar-refractivity contribution in [3.63, 3.8) is 0 Å². The summed E-state index contributed by atoms with van der Waals surface area (Å²) in [7, 11) is 1.60. The first kappa shape index (κ1) is 18.0. The SMILES string of the molecule is COc1ccccc1Oc1nccnc1[C@@H]1CCCN(C(=O)c2ccn[nH]2)C1. The van der Waals surface area contributed by atoms with E-state index in [-0.39, 0.29) is 11.8 Å². The molecule has 0 saturated carbocycles. The molecule has 1 fully saturated rings. The van der Waals surface area contributed by atoms with Gasteiger partial charge in [-0.1, -0.05) is 12.1 Å². The van der Waals surface area contributed by atoms with Crippen molar-refractivity contribution in [1.29, 1.82) is 0 Å². The lowest BCUT2D eigenvalue weighted by atomic mass is 9.94. The molecule has 1 aromatic carbocycles. The highest BCUT2D eigenvalue weighted by molar-refractivity contribution is 5.92. The number of H-pyrrole nitrogens is 1. The Bertz CT molecular complexity index is 945. The predicted octanol–water partition coefficient (Wildman–Crippen LogP) is 3.02. The van der Waals surface area contributed by atoms with E-state index in [1.54, 1.807) is 31.8 Å². The van der Waals surface area contributed by atoms with E-state index >= 15 is 0 Å². The van der Waals surface area contributed by atoms with Crippen LogP contribution in [0.15, 0.2) is 48.9 Å². The molecule has 3 heterocycles. The van der Waals surface area contributed by atoms with E-state index < -0.39 is 0 Å². The van der Waals surface area contributed by atoms with Gasteiger partial charge in [0.05, 0.1) is 7.11 Å². The summed E-state index contributed by atoms with van der Waals surface area (Å²) < 4.78 is 11.4. The van der Waals surface area contributed by atoms with Gasteiger partial charge in [0.2, 0.25) is 5.88 Å². The van der Waals surface area contributed by atoms with Crippen LogP contribution in [-0.4, -0.2) is 51.2 Å². The van der Waals surface area contributed by atoms with E-state index in [2.05, 4.69) is 20.2 Å². The fourth-order valence-corrected chi connectivity index (χ4v) is 3.43. The topological polar surface area (TPSA) is 93.2 Å². The minimum absolute atomic E-state index is 0.0408. The zero-order valence-corrected chi connectivity index (χ0v) is 15.5. The second-order valence-corrected chi connectivity index (χ2v) is 6.56. The Morgan fingerprint density at radius 2 is 1.96 bits per heavy atom. The molecule has 1 aliphatic heterocycles. The number of hydrogen-bond donors (Lipinski definition) is 1. The predicted molar refractivity (Wildman–Crippen MR) is 102 cm³/mol. The first-order valence-electron chi connectivity index (χ1n) is 9.16. The summed E-state index contributed by atoms with van der Waals surface area (Å²) >= 11 is 0. The van der Waals surface area contributed by atoms with Crippen LogP contribution < -0.4 is 9.47 Å². The largest absolute Gasteiger partial charge is 0.493 e. The van der Waals surface area contributed by atoms with Crippen LogP contribution in [0.3, 0.4) is 0 Å². The molecule has 1 amide bonds. The normalized spacial score (nSPS) is 16.6. The minimum Gasteiger partial charge on any atom is -0.493 e. The fraction of sp³-hybridized carbons (Fsp3) is 0.300. The smallest absolute Gasteiger partial charge is 0.271 e. The molecule has 0 spiro atoms. The fourth-order valence-electron chi connectivity index (χ4n) is 3.43. The number of aromatic amines is 1. The van der Waals surface area contributed by atoms with E-state index in [9.17, 15) is 4.79 Å². The molecule has 8 nitrogen and oxygen atoms in total. The van der Waals surface area contributed by atoms with Crippen molar-refractivity contribution in [3.8, 4) is 17.4 Å². The maximum absolute atomic E-state index is 12.7. The molecule has 1 atom stereocenters. The number of carbonyl (C=O) groups excluding carboxylic acids is 1. The Labute approximate surface area is 162 Å². The molecule has 0 bridgehead atoms. The number of para-hydroxylation sites is 2. The number of rotatable bonds is 5. The maximum atomic E-state index is 12.7. The highest BCUT2D eigenvalue weighted by atomic mass is 16.5. The summed E-state index contributed by atoms with van der Waals surface area (Å²) in [6.45, 7) is 1.26. The number of nitrogens with one attached hydrogen (secondary N) is 1. The highest BCUT2D eigenvalue weighted by Crippen LogP contribution is 2.35. The first-order valence-corrected chi connectivity index (χ1v) is 9.16. The van der Waals surface area contributed by atoms with Crippen LogP contribution in [0.5, 0.6) is 17.4 Å². The lowest BCUT2D eigenvalue weighted by Gasteiger charge is -2.32. The van der Waals surface area contributed by atoms with Crippen molar-refractivity contribution in [1.82, 2.24) is 25.1 Å². The van der Waals surface area contributed by atoms with Crippen LogP contribution in [0, 0.1) is 0 Å². The second kappa shape index (κ2) is 8.08. The van der Waals surface area contributed by atoms with Crippen molar-refractivity contribution in [2.45, 2.75) is 18.8 Å². The zero-order valence-electron chi connectivity index (χ0n) is 15.5. The third kappa shape index (κ3) is 3.66. The van der Waals surface area contributed by atoms with Crippen LogP contribution in [0.1, 0.15) is 34.9 Å². The van der Waals surface area contributed by atoms with Crippen LogP contribution >= 0.6 is 0 Å². The van der Waals surface area contributed by atoms with Crippen molar-refractivity contribution < 1.29 is 14.3 Å². The summed E-state index contributed by atoms with van der Waals surface area (Å²) in [6.07, 6.45) is 6.63. The summed E-state index contributed by atoms with van der Waals surface area (Å²) in [6, 6.07) is 9.09. The number of nitrogens with zero attached hydrogens (tertiary/aromatic N) is 4. The van der Waals surface area contributed by atoms with Crippen LogP contribution in [0.4, 0.5) is 0 Å². The number of ether oxygens (including phenoxy) is 2. The van der Waals surface area contributed by atoms with Gasteiger partial charge in [-0.3, -0.25) is 14.9 Å². The molecule has 144 valence electrons. The first-order chi connectivity index (χ1) is 13.8. The van der Waals surface area contributed by atoms with Gasteiger partial charge in [-0.2, -0.15) is 5.10 Å². The van der Waals surface area contributed by atoms with E-state index in [4.69, 9.17) is 9.47 Å². The van der Waals surface area contributed by atoms with E-state index in [0.717, 1.165) is 18.5 Å². The third-order valence-electron chi connectivity index (χ3n) is 4.79. The van der Waals surface area contributed by atoms with Crippen molar-refractivity contribution in [3.05, 3.63) is 60.3 Å². The van der Waals surface area contributed by atoms with Gasteiger partial charge >= 0.3 is 0 Å². The van der Waals surface area contributed by atoms with Gasteiger partial charge in [0.25, 0.3) is 5.91 Å². The number of piperidine rings is 1. The van der Waals surface area contributed by atoms with Crippen molar-refractivity contribution >= 4 is 5.91 Å².